The van der Waals surface area contributed by atoms with Crippen molar-refractivity contribution in [2.45, 2.75) is 45.8 Å². The van der Waals surface area contributed by atoms with Gasteiger partial charge >= 0.3 is 0 Å². The molecule has 5 heteroatoms. The van der Waals surface area contributed by atoms with Crippen LogP contribution in [-0.4, -0.2) is 44.7 Å². The van der Waals surface area contributed by atoms with Crippen LogP contribution in [0, 0.1) is 19.8 Å². The highest BCUT2D eigenvalue weighted by Crippen LogP contribution is 2.25. The molecule has 1 aromatic heterocycles. The summed E-state index contributed by atoms with van der Waals surface area (Å²) in [5, 5.41) is 5.01. The minimum atomic E-state index is 0.295. The lowest BCUT2D eigenvalue weighted by Gasteiger charge is -2.34. The molecule has 0 aromatic carbocycles. The fourth-order valence-corrected chi connectivity index (χ4v) is 4.17. The van der Waals surface area contributed by atoms with E-state index in [4.69, 9.17) is 0 Å². The zero-order valence-corrected chi connectivity index (χ0v) is 14.7. The minimum Gasteiger partial charge on any atom is -0.341 e. The fraction of sp³-hybridized carbons (Fsp3) is 0.750. The van der Waals surface area contributed by atoms with Crippen LogP contribution in [0.4, 0.5) is 0 Å². The number of rotatable bonds is 4. The summed E-state index contributed by atoms with van der Waals surface area (Å²) >= 11 is 2.01. The largest absolute Gasteiger partial charge is 0.341 e. The van der Waals surface area contributed by atoms with Crippen LogP contribution >= 0.6 is 11.8 Å². The van der Waals surface area contributed by atoms with Crippen molar-refractivity contribution in [1.29, 1.82) is 0 Å². The lowest BCUT2D eigenvalue weighted by molar-refractivity contribution is -0.131. The Kier molecular flexibility index (Phi) is 5.36. The standard InChI is InChI=1S/C16H27N3OS/c1-11(2)15-10-19(8-9-21-15)16(20)7-6-14-12(3)17-18(5)13(14)4/h11,15H,6-10H2,1-5H3/t15-/m1/s1. The Morgan fingerprint density at radius 3 is 2.71 bits per heavy atom. The van der Waals surface area contributed by atoms with Gasteiger partial charge in [0, 0.05) is 43.3 Å². The molecule has 1 amide bonds. The molecular formula is C16H27N3OS. The first kappa shape index (κ1) is 16.4. The summed E-state index contributed by atoms with van der Waals surface area (Å²) in [6, 6.07) is 0. The molecule has 0 N–H and O–H groups in total. The zero-order valence-electron chi connectivity index (χ0n) is 13.8. The van der Waals surface area contributed by atoms with E-state index < -0.39 is 0 Å². The number of nitrogens with zero attached hydrogens (tertiary/aromatic N) is 3. The van der Waals surface area contributed by atoms with E-state index >= 15 is 0 Å². The van der Waals surface area contributed by atoms with Crippen molar-refractivity contribution in [3.63, 3.8) is 0 Å². The number of carbonyl (C=O) groups excluding carboxylic acids is 1. The first-order valence-electron chi connectivity index (χ1n) is 7.78. The molecule has 0 radical (unpaired) electrons. The summed E-state index contributed by atoms with van der Waals surface area (Å²) < 4.78 is 1.90. The number of amides is 1. The van der Waals surface area contributed by atoms with E-state index in [1.165, 1.54) is 11.3 Å². The fourth-order valence-electron chi connectivity index (χ4n) is 2.87. The maximum atomic E-state index is 12.5. The third-order valence-corrected chi connectivity index (χ3v) is 5.98. The van der Waals surface area contributed by atoms with Gasteiger partial charge in [-0.25, -0.2) is 0 Å². The van der Waals surface area contributed by atoms with Gasteiger partial charge in [-0.3, -0.25) is 9.48 Å². The Labute approximate surface area is 132 Å². The van der Waals surface area contributed by atoms with E-state index in [0.717, 1.165) is 31.0 Å². The molecule has 118 valence electrons. The van der Waals surface area contributed by atoms with Crippen LogP contribution in [0.5, 0.6) is 0 Å². The van der Waals surface area contributed by atoms with E-state index in [1.54, 1.807) is 0 Å². The van der Waals surface area contributed by atoms with E-state index in [-0.39, 0.29) is 0 Å². The molecular weight excluding hydrogens is 282 g/mol. The lowest BCUT2D eigenvalue weighted by atomic mass is 10.1. The van der Waals surface area contributed by atoms with Crippen molar-refractivity contribution in [2.24, 2.45) is 13.0 Å². The molecule has 1 saturated heterocycles. The van der Waals surface area contributed by atoms with Gasteiger partial charge in [0.2, 0.25) is 5.91 Å². The van der Waals surface area contributed by atoms with Gasteiger partial charge < -0.3 is 4.90 Å². The Bertz CT molecular complexity index is 510. The van der Waals surface area contributed by atoms with Crippen molar-refractivity contribution in [2.75, 3.05) is 18.8 Å². The molecule has 0 aliphatic carbocycles. The summed E-state index contributed by atoms with van der Waals surface area (Å²) in [6.07, 6.45) is 1.41. The number of aryl methyl sites for hydroxylation is 2. The van der Waals surface area contributed by atoms with E-state index in [2.05, 4.69) is 30.8 Å². The summed E-state index contributed by atoms with van der Waals surface area (Å²) in [5.41, 5.74) is 3.46. The third-order valence-electron chi connectivity index (χ3n) is 4.44. The van der Waals surface area contributed by atoms with Crippen LogP contribution in [0.2, 0.25) is 0 Å². The van der Waals surface area contributed by atoms with E-state index in [1.807, 2.05) is 30.4 Å². The first-order valence-corrected chi connectivity index (χ1v) is 8.83. The second kappa shape index (κ2) is 6.86. The number of hydrogen-bond acceptors (Lipinski definition) is 3. The zero-order chi connectivity index (χ0) is 15.6. The second-order valence-corrected chi connectivity index (χ2v) is 7.61. The van der Waals surface area contributed by atoms with Crippen molar-refractivity contribution >= 4 is 17.7 Å². The number of carbonyl (C=O) groups is 1. The molecule has 21 heavy (non-hydrogen) atoms. The van der Waals surface area contributed by atoms with Gasteiger partial charge in [0.15, 0.2) is 0 Å². The van der Waals surface area contributed by atoms with Gasteiger partial charge in [0.1, 0.15) is 0 Å². The lowest BCUT2D eigenvalue weighted by Crippen LogP contribution is -2.43. The van der Waals surface area contributed by atoms with E-state index in [9.17, 15) is 4.79 Å². The molecule has 1 atom stereocenters. The molecule has 1 fully saturated rings. The Morgan fingerprint density at radius 1 is 1.43 bits per heavy atom. The van der Waals surface area contributed by atoms with Crippen molar-refractivity contribution in [1.82, 2.24) is 14.7 Å². The smallest absolute Gasteiger partial charge is 0.222 e. The number of aromatic nitrogens is 2. The van der Waals surface area contributed by atoms with Crippen molar-refractivity contribution in [3.8, 4) is 0 Å². The summed E-state index contributed by atoms with van der Waals surface area (Å²) in [7, 11) is 1.96. The van der Waals surface area contributed by atoms with Gasteiger partial charge in [-0.05, 0) is 31.7 Å². The summed E-state index contributed by atoms with van der Waals surface area (Å²) in [4.78, 5) is 14.5. The highest BCUT2D eigenvalue weighted by molar-refractivity contribution is 8.00. The van der Waals surface area contributed by atoms with E-state index in [0.29, 0.717) is 23.5 Å². The molecule has 4 nitrogen and oxygen atoms in total. The van der Waals surface area contributed by atoms with Gasteiger partial charge in [0.25, 0.3) is 0 Å². The Morgan fingerprint density at radius 2 is 2.14 bits per heavy atom. The predicted molar refractivity (Wildman–Crippen MR) is 88.7 cm³/mol. The van der Waals surface area contributed by atoms with Crippen molar-refractivity contribution in [3.05, 3.63) is 17.0 Å². The maximum absolute atomic E-state index is 12.5. The van der Waals surface area contributed by atoms with Crippen LogP contribution < -0.4 is 0 Å². The van der Waals surface area contributed by atoms with Crippen LogP contribution in [0.15, 0.2) is 0 Å². The minimum absolute atomic E-state index is 0.295. The highest BCUT2D eigenvalue weighted by atomic mass is 32.2. The molecule has 2 heterocycles. The van der Waals surface area contributed by atoms with Crippen LogP contribution in [0.1, 0.15) is 37.2 Å². The Balaban J connectivity index is 1.92. The molecule has 2 rings (SSSR count). The summed E-state index contributed by atoms with van der Waals surface area (Å²) in [6.45, 7) is 10.4. The summed E-state index contributed by atoms with van der Waals surface area (Å²) in [5.74, 6) is 2.00. The molecule has 1 aromatic rings. The number of hydrogen-bond donors (Lipinski definition) is 0. The Hall–Kier alpha value is -0.970. The average molecular weight is 309 g/mol. The van der Waals surface area contributed by atoms with Crippen LogP contribution in [0.25, 0.3) is 0 Å². The molecule has 1 aliphatic heterocycles. The molecule has 1 aliphatic rings. The SMILES string of the molecule is Cc1nn(C)c(C)c1CCC(=O)N1CCS[C@@H](C(C)C)C1. The molecule has 0 spiro atoms. The van der Waals surface area contributed by atoms with Crippen LogP contribution in [0.3, 0.4) is 0 Å². The third kappa shape index (κ3) is 3.82. The molecule has 0 bridgehead atoms. The predicted octanol–water partition coefficient (Wildman–Crippen LogP) is 2.57. The van der Waals surface area contributed by atoms with Crippen LogP contribution in [-0.2, 0) is 18.3 Å². The number of thioether (sulfide) groups is 1. The second-order valence-electron chi connectivity index (χ2n) is 6.27. The molecule has 0 saturated carbocycles. The van der Waals surface area contributed by atoms with Gasteiger partial charge in [-0.2, -0.15) is 16.9 Å². The van der Waals surface area contributed by atoms with Gasteiger partial charge in [-0.1, -0.05) is 13.8 Å². The van der Waals surface area contributed by atoms with Gasteiger partial charge in [0.05, 0.1) is 5.69 Å². The molecule has 0 unspecified atom stereocenters. The van der Waals surface area contributed by atoms with Gasteiger partial charge in [-0.15, -0.1) is 0 Å². The van der Waals surface area contributed by atoms with Crippen molar-refractivity contribution < 1.29 is 4.79 Å². The quantitative estimate of drug-likeness (QED) is 0.858. The normalized spacial score (nSPS) is 19.3. The highest BCUT2D eigenvalue weighted by Gasteiger charge is 2.26. The topological polar surface area (TPSA) is 38.1 Å². The average Bonchev–Trinajstić information content (AvgIpc) is 2.70. The first-order chi connectivity index (χ1) is 9.90. The monoisotopic (exact) mass is 309 g/mol. The maximum Gasteiger partial charge on any atom is 0.222 e.